The van der Waals surface area contributed by atoms with Gasteiger partial charge in [0.2, 0.25) is 10.0 Å². The number of benzene rings is 1. The minimum Gasteiger partial charge on any atom is -0.497 e. The van der Waals surface area contributed by atoms with Gasteiger partial charge in [-0.25, -0.2) is 13.1 Å². The zero-order valence-electron chi connectivity index (χ0n) is 12.5. The summed E-state index contributed by atoms with van der Waals surface area (Å²) in [4.78, 5) is 11.4. The third-order valence-corrected chi connectivity index (χ3v) is 5.57. The van der Waals surface area contributed by atoms with Crippen LogP contribution in [0, 0.1) is 11.8 Å². The monoisotopic (exact) mass is 327 g/mol. The molecule has 0 aliphatic heterocycles. The zero-order valence-corrected chi connectivity index (χ0v) is 13.3. The van der Waals surface area contributed by atoms with Crippen LogP contribution < -0.4 is 9.46 Å². The van der Waals surface area contributed by atoms with Gasteiger partial charge in [-0.15, -0.1) is 0 Å². The third kappa shape index (κ3) is 3.98. The van der Waals surface area contributed by atoms with E-state index in [0.717, 1.165) is 19.3 Å². The van der Waals surface area contributed by atoms with Crippen molar-refractivity contribution in [3.8, 4) is 5.75 Å². The standard InChI is InChI=1S/C15H21NO5S/c1-21-12-6-8-13(9-7-12)22(19,20)16-10-11-4-2-3-5-14(11)15(17)18/h6-9,11,14,16H,2-5,10H2,1H3,(H,17,18)/t11-,14-/m0/s1. The molecule has 0 heterocycles. The summed E-state index contributed by atoms with van der Waals surface area (Å²) in [6.07, 6.45) is 3.18. The van der Waals surface area contributed by atoms with Gasteiger partial charge in [-0.3, -0.25) is 4.79 Å². The van der Waals surface area contributed by atoms with Gasteiger partial charge in [0.15, 0.2) is 0 Å². The second kappa shape index (κ2) is 7.11. The predicted octanol–water partition coefficient (Wildman–Crippen LogP) is 1.86. The van der Waals surface area contributed by atoms with Gasteiger partial charge in [-0.05, 0) is 43.0 Å². The van der Waals surface area contributed by atoms with E-state index in [1.165, 1.54) is 19.2 Å². The highest BCUT2D eigenvalue weighted by Gasteiger charge is 2.31. The van der Waals surface area contributed by atoms with Crippen molar-refractivity contribution in [2.75, 3.05) is 13.7 Å². The van der Waals surface area contributed by atoms with E-state index < -0.39 is 21.9 Å². The van der Waals surface area contributed by atoms with E-state index in [4.69, 9.17) is 4.74 Å². The molecular weight excluding hydrogens is 306 g/mol. The van der Waals surface area contributed by atoms with Gasteiger partial charge in [-0.1, -0.05) is 12.8 Å². The number of carbonyl (C=O) groups is 1. The molecule has 1 aliphatic rings. The fourth-order valence-electron chi connectivity index (χ4n) is 2.83. The van der Waals surface area contributed by atoms with Gasteiger partial charge in [0.25, 0.3) is 0 Å². The van der Waals surface area contributed by atoms with Crippen molar-refractivity contribution in [3.63, 3.8) is 0 Å². The summed E-state index contributed by atoms with van der Waals surface area (Å²) in [5.41, 5.74) is 0. The molecule has 1 saturated carbocycles. The second-order valence-corrected chi connectivity index (χ2v) is 7.28. The summed E-state index contributed by atoms with van der Waals surface area (Å²) in [7, 11) is -2.12. The topological polar surface area (TPSA) is 92.7 Å². The largest absolute Gasteiger partial charge is 0.497 e. The molecule has 2 N–H and O–H groups in total. The fourth-order valence-corrected chi connectivity index (χ4v) is 3.93. The molecule has 0 unspecified atom stereocenters. The summed E-state index contributed by atoms with van der Waals surface area (Å²) < 4.78 is 32.0. The van der Waals surface area contributed by atoms with Crippen molar-refractivity contribution < 1.29 is 23.1 Å². The average molecular weight is 327 g/mol. The minimum atomic E-state index is -3.63. The van der Waals surface area contributed by atoms with Gasteiger partial charge >= 0.3 is 5.97 Å². The van der Waals surface area contributed by atoms with Crippen LogP contribution in [0.1, 0.15) is 25.7 Å². The molecule has 1 aromatic rings. The molecule has 6 nitrogen and oxygen atoms in total. The molecule has 0 radical (unpaired) electrons. The van der Waals surface area contributed by atoms with Gasteiger partial charge < -0.3 is 9.84 Å². The minimum absolute atomic E-state index is 0.149. The Bertz CT molecular complexity index is 611. The van der Waals surface area contributed by atoms with Crippen LogP contribution in [0.5, 0.6) is 5.75 Å². The summed E-state index contributed by atoms with van der Waals surface area (Å²) in [5, 5.41) is 9.22. The number of carboxylic acids is 1. The Morgan fingerprint density at radius 3 is 2.50 bits per heavy atom. The third-order valence-electron chi connectivity index (χ3n) is 4.13. The summed E-state index contributed by atoms with van der Waals surface area (Å²) in [5.74, 6) is -0.878. The molecule has 1 aliphatic carbocycles. The molecule has 122 valence electrons. The molecule has 0 spiro atoms. The SMILES string of the molecule is COc1ccc(S(=O)(=O)NC[C@@H]2CCCC[C@@H]2C(=O)O)cc1. The lowest BCUT2D eigenvalue weighted by molar-refractivity contribution is -0.144. The first kappa shape index (κ1) is 16.8. The number of methoxy groups -OCH3 is 1. The van der Waals surface area contributed by atoms with Crippen molar-refractivity contribution in [1.82, 2.24) is 4.72 Å². The molecule has 0 saturated heterocycles. The van der Waals surface area contributed by atoms with Crippen LogP contribution in [0.15, 0.2) is 29.2 Å². The van der Waals surface area contributed by atoms with Gasteiger partial charge in [0.05, 0.1) is 17.9 Å². The van der Waals surface area contributed by atoms with E-state index in [1.807, 2.05) is 0 Å². The Morgan fingerprint density at radius 1 is 1.27 bits per heavy atom. The summed E-state index contributed by atoms with van der Waals surface area (Å²) in [6.45, 7) is 0.158. The van der Waals surface area contributed by atoms with Crippen molar-refractivity contribution >= 4 is 16.0 Å². The van der Waals surface area contributed by atoms with Crippen LogP contribution in [0.3, 0.4) is 0 Å². The number of carboxylic acid groups (broad SMARTS) is 1. The Balaban J connectivity index is 2.03. The first-order chi connectivity index (χ1) is 10.4. The number of sulfonamides is 1. The average Bonchev–Trinajstić information content (AvgIpc) is 2.53. The number of ether oxygens (including phenoxy) is 1. The van der Waals surface area contributed by atoms with Crippen LogP contribution in [0.25, 0.3) is 0 Å². The first-order valence-corrected chi connectivity index (χ1v) is 8.79. The van der Waals surface area contributed by atoms with E-state index >= 15 is 0 Å². The highest BCUT2D eigenvalue weighted by Crippen LogP contribution is 2.30. The van der Waals surface area contributed by atoms with Crippen LogP contribution in [0.2, 0.25) is 0 Å². The van der Waals surface area contributed by atoms with E-state index in [2.05, 4.69) is 4.72 Å². The smallest absolute Gasteiger partial charge is 0.306 e. The Labute approximate surface area is 130 Å². The number of nitrogens with one attached hydrogen (secondary N) is 1. The molecule has 22 heavy (non-hydrogen) atoms. The highest BCUT2D eigenvalue weighted by molar-refractivity contribution is 7.89. The van der Waals surface area contributed by atoms with E-state index in [0.29, 0.717) is 12.2 Å². The van der Waals surface area contributed by atoms with Crippen molar-refractivity contribution in [2.45, 2.75) is 30.6 Å². The molecule has 0 amide bonds. The van der Waals surface area contributed by atoms with Gasteiger partial charge in [0.1, 0.15) is 5.75 Å². The van der Waals surface area contributed by atoms with Crippen LogP contribution in [-0.2, 0) is 14.8 Å². The molecule has 0 aromatic heterocycles. The van der Waals surface area contributed by atoms with Crippen molar-refractivity contribution in [3.05, 3.63) is 24.3 Å². The molecule has 0 bridgehead atoms. The molecule has 7 heteroatoms. The molecule has 2 atom stereocenters. The number of rotatable bonds is 6. The van der Waals surface area contributed by atoms with Crippen molar-refractivity contribution in [2.24, 2.45) is 11.8 Å². The van der Waals surface area contributed by atoms with E-state index in [-0.39, 0.29) is 17.4 Å². The van der Waals surface area contributed by atoms with Crippen LogP contribution in [-0.4, -0.2) is 33.1 Å². The predicted molar refractivity (Wildman–Crippen MR) is 81.3 cm³/mol. The lowest BCUT2D eigenvalue weighted by Crippen LogP contribution is -2.37. The first-order valence-electron chi connectivity index (χ1n) is 7.30. The maximum Gasteiger partial charge on any atom is 0.306 e. The number of hydrogen-bond acceptors (Lipinski definition) is 4. The van der Waals surface area contributed by atoms with Crippen LogP contribution >= 0.6 is 0 Å². The molecule has 1 aromatic carbocycles. The zero-order chi connectivity index (χ0) is 16.2. The Morgan fingerprint density at radius 2 is 1.91 bits per heavy atom. The lowest BCUT2D eigenvalue weighted by Gasteiger charge is -2.28. The lowest BCUT2D eigenvalue weighted by atomic mass is 9.79. The molecular formula is C15H21NO5S. The second-order valence-electron chi connectivity index (χ2n) is 5.52. The number of hydrogen-bond donors (Lipinski definition) is 2. The Kier molecular flexibility index (Phi) is 5.42. The van der Waals surface area contributed by atoms with E-state index in [9.17, 15) is 18.3 Å². The quantitative estimate of drug-likeness (QED) is 0.832. The molecule has 1 fully saturated rings. The summed E-state index contributed by atoms with van der Waals surface area (Å²) >= 11 is 0. The normalized spacial score (nSPS) is 22.2. The highest BCUT2D eigenvalue weighted by atomic mass is 32.2. The van der Waals surface area contributed by atoms with Gasteiger partial charge in [-0.2, -0.15) is 0 Å². The van der Waals surface area contributed by atoms with Crippen LogP contribution in [0.4, 0.5) is 0 Å². The Hall–Kier alpha value is -1.60. The fraction of sp³-hybridized carbons (Fsp3) is 0.533. The maximum absolute atomic E-state index is 12.3. The molecule has 2 rings (SSSR count). The summed E-state index contributed by atoms with van der Waals surface area (Å²) in [6, 6.07) is 6.10. The maximum atomic E-state index is 12.3. The van der Waals surface area contributed by atoms with Crippen molar-refractivity contribution in [1.29, 1.82) is 0 Å². The van der Waals surface area contributed by atoms with Gasteiger partial charge in [0, 0.05) is 6.54 Å². The van der Waals surface area contributed by atoms with E-state index in [1.54, 1.807) is 12.1 Å². The number of aliphatic carboxylic acids is 1.